The lowest BCUT2D eigenvalue weighted by atomic mass is 9.91. The zero-order chi connectivity index (χ0) is 15.7. The summed E-state index contributed by atoms with van der Waals surface area (Å²) in [4.78, 5) is 17.1. The van der Waals surface area contributed by atoms with Gasteiger partial charge in [-0.2, -0.15) is 0 Å². The first-order valence-corrected chi connectivity index (χ1v) is 8.13. The van der Waals surface area contributed by atoms with Gasteiger partial charge >= 0.3 is 0 Å². The summed E-state index contributed by atoms with van der Waals surface area (Å²) < 4.78 is 5.70. The molecule has 1 amide bonds. The number of carbonyl (C=O) groups excluding carboxylic acids is 1. The fourth-order valence-corrected chi connectivity index (χ4v) is 3.38. The summed E-state index contributed by atoms with van der Waals surface area (Å²) >= 11 is 1.43. The summed E-state index contributed by atoms with van der Waals surface area (Å²) in [7, 11) is 0. The van der Waals surface area contributed by atoms with Gasteiger partial charge in [-0.1, -0.05) is 37.3 Å². The van der Waals surface area contributed by atoms with Crippen molar-refractivity contribution >= 4 is 28.2 Å². The van der Waals surface area contributed by atoms with Crippen LogP contribution in [0.1, 0.15) is 36.6 Å². The second kappa shape index (κ2) is 5.96. The van der Waals surface area contributed by atoms with Gasteiger partial charge in [0.25, 0.3) is 0 Å². The molecule has 3 N–H and O–H groups in total. The maximum atomic E-state index is 11.9. The molecule has 0 radical (unpaired) electrons. The monoisotopic (exact) mass is 317 g/mol. The predicted octanol–water partition coefficient (Wildman–Crippen LogP) is 3.23. The van der Waals surface area contributed by atoms with Crippen LogP contribution in [0.3, 0.4) is 0 Å². The Morgan fingerprint density at radius 1 is 1.41 bits per heavy atom. The minimum absolute atomic E-state index is 0.0118. The number of hydrogen-bond acceptors (Lipinski definition) is 5. The second-order valence-corrected chi connectivity index (χ2v) is 6.91. The molecule has 0 aliphatic carbocycles. The molecule has 1 aromatic heterocycles. The van der Waals surface area contributed by atoms with Gasteiger partial charge in [-0.15, -0.1) is 0 Å². The van der Waals surface area contributed by atoms with E-state index in [1.165, 1.54) is 11.3 Å². The van der Waals surface area contributed by atoms with Crippen molar-refractivity contribution in [2.24, 2.45) is 5.92 Å². The van der Waals surface area contributed by atoms with Crippen molar-refractivity contribution in [2.75, 3.05) is 17.7 Å². The lowest BCUT2D eigenvalue weighted by molar-refractivity contribution is -0.116. The van der Waals surface area contributed by atoms with Crippen LogP contribution >= 0.6 is 11.3 Å². The molecule has 22 heavy (non-hydrogen) atoms. The number of rotatable bonds is 4. The summed E-state index contributed by atoms with van der Waals surface area (Å²) in [6.45, 7) is 4.93. The minimum Gasteiger partial charge on any atom is -0.493 e. The van der Waals surface area contributed by atoms with Crippen LogP contribution in [-0.4, -0.2) is 17.5 Å². The van der Waals surface area contributed by atoms with Crippen molar-refractivity contribution in [1.29, 1.82) is 0 Å². The third kappa shape index (κ3) is 3.06. The summed E-state index contributed by atoms with van der Waals surface area (Å²) in [6, 6.07) is 7.93. The van der Waals surface area contributed by atoms with Crippen LogP contribution in [0, 0.1) is 5.92 Å². The average Bonchev–Trinajstić information content (AvgIpc) is 2.85. The van der Waals surface area contributed by atoms with Gasteiger partial charge in [0.05, 0.1) is 11.5 Å². The van der Waals surface area contributed by atoms with E-state index in [2.05, 4.69) is 24.1 Å². The number of carbonyl (C=O) groups is 1. The number of benzene rings is 1. The number of nitrogens with zero attached hydrogens (tertiary/aromatic N) is 1. The zero-order valence-electron chi connectivity index (χ0n) is 12.6. The van der Waals surface area contributed by atoms with E-state index in [9.17, 15) is 4.79 Å². The number of nitrogen functional groups attached to an aromatic ring is 1. The van der Waals surface area contributed by atoms with E-state index in [0.29, 0.717) is 29.9 Å². The van der Waals surface area contributed by atoms with Crippen LogP contribution in [0.25, 0.3) is 0 Å². The zero-order valence-corrected chi connectivity index (χ0v) is 13.4. The van der Waals surface area contributed by atoms with Gasteiger partial charge in [-0.25, -0.2) is 4.98 Å². The van der Waals surface area contributed by atoms with Gasteiger partial charge in [0.1, 0.15) is 11.6 Å². The topological polar surface area (TPSA) is 77.2 Å². The number of anilines is 2. The van der Waals surface area contributed by atoms with Crippen molar-refractivity contribution in [2.45, 2.75) is 26.2 Å². The van der Waals surface area contributed by atoms with Crippen LogP contribution in [0.15, 0.2) is 24.3 Å². The lowest BCUT2D eigenvalue weighted by Crippen LogP contribution is -2.22. The molecule has 0 saturated heterocycles. The summed E-state index contributed by atoms with van der Waals surface area (Å²) in [5, 5.41) is 3.26. The van der Waals surface area contributed by atoms with E-state index >= 15 is 0 Å². The molecule has 1 aromatic carbocycles. The van der Waals surface area contributed by atoms with E-state index in [4.69, 9.17) is 10.5 Å². The SMILES string of the molecule is CC(C)COc1ccc([C@H]2CC(=O)Nc3nc(N)sc32)cc1. The molecule has 0 fully saturated rings. The number of amides is 1. The standard InChI is InChI=1S/C16H19N3O2S/c1-9(2)8-21-11-5-3-10(4-6-11)12-7-13(20)18-15-14(12)22-16(17)19-15/h3-6,9,12H,7-8H2,1-2H3,(H2,17,19)(H,18,20)/t12-/m1/s1. The number of thiazole rings is 1. The number of nitrogens with two attached hydrogens (primary N) is 1. The molecule has 0 saturated carbocycles. The predicted molar refractivity (Wildman–Crippen MR) is 88.4 cm³/mol. The molecule has 116 valence electrons. The van der Waals surface area contributed by atoms with Crippen LogP contribution in [0.4, 0.5) is 10.9 Å². The molecule has 2 heterocycles. The highest BCUT2D eigenvalue weighted by Gasteiger charge is 2.29. The largest absolute Gasteiger partial charge is 0.493 e. The smallest absolute Gasteiger partial charge is 0.226 e. The van der Waals surface area contributed by atoms with E-state index in [1.54, 1.807) is 0 Å². The maximum Gasteiger partial charge on any atom is 0.226 e. The number of aromatic nitrogens is 1. The van der Waals surface area contributed by atoms with Crippen LogP contribution < -0.4 is 15.8 Å². The fraction of sp³-hybridized carbons (Fsp3) is 0.375. The number of ether oxygens (including phenoxy) is 1. The summed E-state index contributed by atoms with van der Waals surface area (Å²) in [6.07, 6.45) is 0.417. The van der Waals surface area contributed by atoms with Crippen molar-refractivity contribution in [3.05, 3.63) is 34.7 Å². The third-order valence-electron chi connectivity index (χ3n) is 3.50. The molecule has 1 aliphatic heterocycles. The minimum atomic E-state index is -0.0251. The normalized spacial score (nSPS) is 17.2. The van der Waals surface area contributed by atoms with Crippen molar-refractivity contribution in [3.63, 3.8) is 0 Å². The second-order valence-electron chi connectivity index (χ2n) is 5.84. The molecule has 6 heteroatoms. The van der Waals surface area contributed by atoms with Gasteiger partial charge in [0.15, 0.2) is 5.13 Å². The molecule has 0 bridgehead atoms. The van der Waals surface area contributed by atoms with Crippen LogP contribution in [0.2, 0.25) is 0 Å². The van der Waals surface area contributed by atoms with Crippen molar-refractivity contribution in [1.82, 2.24) is 4.98 Å². The molecule has 5 nitrogen and oxygen atoms in total. The average molecular weight is 317 g/mol. The Hall–Kier alpha value is -2.08. The highest BCUT2D eigenvalue weighted by molar-refractivity contribution is 7.16. The Balaban J connectivity index is 1.83. The van der Waals surface area contributed by atoms with E-state index < -0.39 is 0 Å². The van der Waals surface area contributed by atoms with E-state index in [1.807, 2.05) is 24.3 Å². The molecule has 1 aliphatic rings. The maximum absolute atomic E-state index is 11.9. The van der Waals surface area contributed by atoms with E-state index in [0.717, 1.165) is 16.2 Å². The van der Waals surface area contributed by atoms with Crippen molar-refractivity contribution < 1.29 is 9.53 Å². The van der Waals surface area contributed by atoms with Gasteiger partial charge < -0.3 is 15.8 Å². The molecular weight excluding hydrogens is 298 g/mol. The van der Waals surface area contributed by atoms with Gasteiger partial charge in [0, 0.05) is 12.3 Å². The van der Waals surface area contributed by atoms with Gasteiger partial charge in [-0.3, -0.25) is 4.79 Å². The van der Waals surface area contributed by atoms with Gasteiger partial charge in [-0.05, 0) is 23.6 Å². The molecule has 2 aromatic rings. The Kier molecular flexibility index (Phi) is 4.02. The van der Waals surface area contributed by atoms with Gasteiger partial charge in [0.2, 0.25) is 5.91 Å². The lowest BCUT2D eigenvalue weighted by Gasteiger charge is -2.21. The Bertz CT molecular complexity index is 679. The first-order chi connectivity index (χ1) is 10.5. The molecular formula is C16H19N3O2S. The van der Waals surface area contributed by atoms with E-state index in [-0.39, 0.29) is 11.8 Å². The molecule has 0 unspecified atom stereocenters. The first-order valence-electron chi connectivity index (χ1n) is 7.31. The Morgan fingerprint density at radius 3 is 2.82 bits per heavy atom. The van der Waals surface area contributed by atoms with Crippen molar-refractivity contribution in [3.8, 4) is 5.75 Å². The number of hydrogen-bond donors (Lipinski definition) is 2. The molecule has 1 atom stereocenters. The molecule has 3 rings (SSSR count). The Morgan fingerprint density at radius 2 is 2.14 bits per heavy atom. The molecule has 0 spiro atoms. The Labute approximate surface area is 133 Å². The summed E-state index contributed by atoms with van der Waals surface area (Å²) in [5.41, 5.74) is 6.85. The van der Waals surface area contributed by atoms with Crippen LogP contribution in [0.5, 0.6) is 5.75 Å². The first kappa shape index (κ1) is 14.8. The number of nitrogens with one attached hydrogen (secondary N) is 1. The summed E-state index contributed by atoms with van der Waals surface area (Å²) in [5.74, 6) is 1.93. The fourth-order valence-electron chi connectivity index (χ4n) is 2.46. The van der Waals surface area contributed by atoms with Crippen LogP contribution in [-0.2, 0) is 4.79 Å². The number of fused-ring (bicyclic) bond motifs is 1. The highest BCUT2D eigenvalue weighted by Crippen LogP contribution is 2.41. The highest BCUT2D eigenvalue weighted by atomic mass is 32.1. The quantitative estimate of drug-likeness (QED) is 0.907. The third-order valence-corrected chi connectivity index (χ3v) is 4.50.